The molecule has 0 fully saturated rings. The molecule has 3 aromatic carbocycles. The number of benzene rings is 3. The molecule has 22 nitrogen and oxygen atoms in total. The Balaban J connectivity index is 2.08. The van der Waals surface area contributed by atoms with Crippen molar-refractivity contribution >= 4 is 41.9 Å². The summed E-state index contributed by atoms with van der Waals surface area (Å²) < 4.78 is 44.1. The van der Waals surface area contributed by atoms with E-state index in [1.54, 1.807) is 0 Å². The molecule has 23 heteroatoms. The van der Waals surface area contributed by atoms with E-state index >= 15 is 0 Å². The monoisotopic (exact) mass is 641 g/mol. The van der Waals surface area contributed by atoms with Crippen LogP contribution >= 0.6 is 7.82 Å². The maximum absolute atomic E-state index is 14.0. The van der Waals surface area contributed by atoms with Crippen LogP contribution in [0.3, 0.4) is 0 Å². The standard InChI is InChI=1S/C21H24N9O13P/c1-38-13-4-7-16(19(10-13)28(31)32)25(22)41-44(37,42-26(23)17-8-5-14(39-2)11-20(17)29(33)34)43-27(24)18-9-6-15(40-3)12-21(18)30(35)36/h4-12H,22-24H2,1-3H3. The molecule has 3 aromatic rings. The van der Waals surface area contributed by atoms with Crippen molar-refractivity contribution in [2.45, 2.75) is 0 Å². The van der Waals surface area contributed by atoms with Gasteiger partial charge in [-0.25, -0.2) is 22.1 Å². The number of nitrogens with two attached hydrogens (primary N) is 3. The van der Waals surface area contributed by atoms with Crippen molar-refractivity contribution in [3.8, 4) is 17.2 Å². The highest BCUT2D eigenvalue weighted by atomic mass is 31.2. The summed E-state index contributed by atoms with van der Waals surface area (Å²) in [6.45, 7) is 0. The number of nitro groups is 3. The predicted molar refractivity (Wildman–Crippen MR) is 150 cm³/mol. The predicted octanol–water partition coefficient (Wildman–Crippen LogP) is 2.78. The summed E-state index contributed by atoms with van der Waals surface area (Å²) in [5.41, 5.74) is -3.69. The fraction of sp³-hybridized carbons (Fsp3) is 0.143. The number of methoxy groups -OCH3 is 3. The first-order chi connectivity index (χ1) is 20.7. The first-order valence-corrected chi connectivity index (χ1v) is 13.0. The molecule has 0 heterocycles. The van der Waals surface area contributed by atoms with E-state index in [9.17, 15) is 34.9 Å². The van der Waals surface area contributed by atoms with Gasteiger partial charge in [0.05, 0.1) is 54.3 Å². The average molecular weight is 641 g/mol. The van der Waals surface area contributed by atoms with E-state index in [0.29, 0.717) is 0 Å². The van der Waals surface area contributed by atoms with Crippen molar-refractivity contribution < 1.29 is 47.4 Å². The van der Waals surface area contributed by atoms with Gasteiger partial charge < -0.3 is 14.2 Å². The van der Waals surface area contributed by atoms with Crippen LogP contribution in [0.1, 0.15) is 0 Å². The zero-order chi connectivity index (χ0) is 32.8. The number of phosphoric acid groups is 1. The number of hydrogen-bond acceptors (Lipinski definition) is 19. The van der Waals surface area contributed by atoms with Gasteiger partial charge in [0.15, 0.2) is 17.1 Å². The number of hydrazine groups is 3. The van der Waals surface area contributed by atoms with E-state index in [0.717, 1.165) is 36.4 Å². The van der Waals surface area contributed by atoms with E-state index in [1.807, 2.05) is 0 Å². The van der Waals surface area contributed by atoms with Gasteiger partial charge in [-0.2, -0.15) is 15.5 Å². The van der Waals surface area contributed by atoms with Crippen molar-refractivity contribution in [2.24, 2.45) is 17.5 Å². The van der Waals surface area contributed by atoms with Gasteiger partial charge in [0.1, 0.15) is 17.2 Å². The topological polar surface area (TPSA) is 290 Å². The maximum Gasteiger partial charge on any atom is 0.543 e. The summed E-state index contributed by atoms with van der Waals surface area (Å²) in [5, 5.41) is 35.3. The second kappa shape index (κ2) is 13.7. The number of nitrogens with zero attached hydrogens (tertiary/aromatic N) is 6. The number of nitro benzene ring substituents is 3. The lowest BCUT2D eigenvalue weighted by Crippen LogP contribution is -2.39. The minimum absolute atomic E-state index is 0.0458. The Labute approximate surface area is 246 Å². The fourth-order valence-corrected chi connectivity index (χ4v) is 4.39. The Hall–Kier alpha value is -5.35. The average Bonchev–Trinajstić information content (AvgIpc) is 2.99. The van der Waals surface area contributed by atoms with Crippen LogP contribution in [0.15, 0.2) is 54.6 Å². The highest BCUT2D eigenvalue weighted by Crippen LogP contribution is 2.54. The Kier molecular flexibility index (Phi) is 10.4. The molecule has 0 aliphatic rings. The molecule has 44 heavy (non-hydrogen) atoms. The largest absolute Gasteiger partial charge is 0.543 e. The third-order valence-corrected chi connectivity index (χ3v) is 6.54. The van der Waals surface area contributed by atoms with Gasteiger partial charge in [-0.1, -0.05) is 0 Å². The molecule has 0 spiro atoms. The number of anilines is 3. The Bertz CT molecular complexity index is 1430. The smallest absolute Gasteiger partial charge is 0.496 e. The van der Waals surface area contributed by atoms with Crippen LogP contribution in [0.4, 0.5) is 34.1 Å². The lowest BCUT2D eigenvalue weighted by molar-refractivity contribution is -0.384. The lowest BCUT2D eigenvalue weighted by Gasteiger charge is -2.28. The molecular formula is C21H24N9O13P. The SMILES string of the molecule is COc1ccc(N(N)OP(=O)(ON(N)c2ccc(OC)cc2[N+](=O)[O-])ON(N)c2ccc(OC)cc2[N+](=O)[O-])c([N+](=O)[O-])c1. The summed E-state index contributed by atoms with van der Waals surface area (Å²) >= 11 is 0. The summed E-state index contributed by atoms with van der Waals surface area (Å²) in [4.78, 5) is 32.4. The third-order valence-electron chi connectivity index (χ3n) is 5.41. The molecule has 0 radical (unpaired) electrons. The van der Waals surface area contributed by atoms with Crippen LogP contribution in [0, 0.1) is 30.3 Å². The summed E-state index contributed by atoms with van der Waals surface area (Å²) in [5.74, 6) is 17.6. The second-order valence-corrected chi connectivity index (χ2v) is 9.39. The van der Waals surface area contributed by atoms with Crippen molar-refractivity contribution in [3.63, 3.8) is 0 Å². The highest BCUT2D eigenvalue weighted by molar-refractivity contribution is 7.48. The number of ether oxygens (including phenoxy) is 3. The van der Waals surface area contributed by atoms with Gasteiger partial charge >= 0.3 is 7.82 Å². The molecule has 236 valence electrons. The van der Waals surface area contributed by atoms with Crippen molar-refractivity contribution in [2.75, 3.05) is 36.8 Å². The maximum atomic E-state index is 14.0. The van der Waals surface area contributed by atoms with Crippen molar-refractivity contribution in [3.05, 3.63) is 84.9 Å². The lowest BCUT2D eigenvalue weighted by atomic mass is 10.2. The molecule has 0 atom stereocenters. The van der Waals surface area contributed by atoms with Crippen LogP contribution in [0.5, 0.6) is 17.2 Å². The van der Waals surface area contributed by atoms with E-state index in [-0.39, 0.29) is 32.8 Å². The molecule has 0 aliphatic carbocycles. The van der Waals surface area contributed by atoms with Crippen LogP contribution in [-0.2, 0) is 18.4 Å². The molecule has 0 aliphatic heterocycles. The Morgan fingerprint density at radius 1 is 0.568 bits per heavy atom. The van der Waals surface area contributed by atoms with Gasteiger partial charge in [-0.05, 0) is 36.4 Å². The molecule has 3 rings (SSSR count). The second-order valence-electron chi connectivity index (χ2n) is 8.00. The van der Waals surface area contributed by atoms with E-state index in [4.69, 9.17) is 45.6 Å². The Morgan fingerprint density at radius 2 is 0.818 bits per heavy atom. The molecule has 0 bridgehead atoms. The normalized spacial score (nSPS) is 11.0. The van der Waals surface area contributed by atoms with E-state index in [2.05, 4.69) is 0 Å². The molecule has 0 amide bonds. The Morgan fingerprint density at radius 3 is 1.02 bits per heavy atom. The molecule has 6 N–H and O–H groups in total. The van der Waals surface area contributed by atoms with Gasteiger partial charge in [0.25, 0.3) is 17.1 Å². The van der Waals surface area contributed by atoms with Gasteiger partial charge in [0.2, 0.25) is 0 Å². The fourth-order valence-electron chi connectivity index (χ4n) is 3.39. The van der Waals surface area contributed by atoms with Crippen molar-refractivity contribution in [1.82, 2.24) is 0 Å². The number of hydrogen-bond donors (Lipinski definition) is 3. The summed E-state index contributed by atoms with van der Waals surface area (Å²) in [7, 11) is -1.72. The van der Waals surface area contributed by atoms with Crippen LogP contribution in [-0.4, -0.2) is 36.1 Å². The highest BCUT2D eigenvalue weighted by Gasteiger charge is 2.40. The zero-order valence-electron chi connectivity index (χ0n) is 22.9. The molecule has 0 saturated heterocycles. The summed E-state index contributed by atoms with van der Waals surface area (Å²) in [6, 6.07) is 9.72. The molecule has 0 aromatic heterocycles. The zero-order valence-corrected chi connectivity index (χ0v) is 23.8. The summed E-state index contributed by atoms with van der Waals surface area (Å²) in [6.07, 6.45) is 0. The van der Waals surface area contributed by atoms with Crippen LogP contribution in [0.25, 0.3) is 0 Å². The molecule has 0 unspecified atom stereocenters. The van der Waals surface area contributed by atoms with E-state index in [1.165, 1.54) is 39.5 Å². The molecule has 0 saturated carbocycles. The minimum Gasteiger partial charge on any atom is -0.496 e. The van der Waals surface area contributed by atoms with Crippen LogP contribution in [0.2, 0.25) is 0 Å². The number of rotatable bonds is 15. The van der Waals surface area contributed by atoms with Gasteiger partial charge in [0, 0.05) is 0 Å². The third kappa shape index (κ3) is 7.53. The quantitative estimate of drug-likeness (QED) is 0.0929. The van der Waals surface area contributed by atoms with Gasteiger partial charge in [-0.3, -0.25) is 30.3 Å². The van der Waals surface area contributed by atoms with Gasteiger partial charge in [-0.15, -0.1) is 13.9 Å². The molecular weight excluding hydrogens is 617 g/mol. The van der Waals surface area contributed by atoms with Crippen LogP contribution < -0.4 is 47.3 Å². The first kappa shape index (κ1) is 33.2. The first-order valence-electron chi connectivity index (χ1n) is 11.5. The van der Waals surface area contributed by atoms with Crippen molar-refractivity contribution in [1.29, 1.82) is 0 Å². The van der Waals surface area contributed by atoms with E-state index < -0.39 is 56.7 Å². The minimum atomic E-state index is -5.45.